The van der Waals surface area contributed by atoms with Crippen molar-refractivity contribution in [2.24, 2.45) is 11.7 Å². The lowest BCUT2D eigenvalue weighted by molar-refractivity contribution is 0.148. The van der Waals surface area contributed by atoms with Crippen LogP contribution < -0.4 is 5.73 Å². The van der Waals surface area contributed by atoms with Crippen LogP contribution in [0.25, 0.3) is 0 Å². The molecule has 2 heterocycles. The molecule has 0 aliphatic carbocycles. The first-order valence-electron chi connectivity index (χ1n) is 6.93. The van der Waals surface area contributed by atoms with E-state index in [4.69, 9.17) is 5.73 Å². The molecule has 0 radical (unpaired) electrons. The van der Waals surface area contributed by atoms with Crippen molar-refractivity contribution in [1.29, 1.82) is 0 Å². The van der Waals surface area contributed by atoms with Crippen molar-refractivity contribution >= 4 is 12.4 Å². The molecule has 110 valence electrons. The van der Waals surface area contributed by atoms with E-state index in [-0.39, 0.29) is 17.9 Å². The van der Waals surface area contributed by atoms with Gasteiger partial charge in [0.1, 0.15) is 0 Å². The number of aryl methyl sites for hydroxylation is 1. The zero-order chi connectivity index (χ0) is 13.2. The van der Waals surface area contributed by atoms with Gasteiger partial charge >= 0.3 is 0 Å². The number of halogens is 1. The van der Waals surface area contributed by atoms with Crippen LogP contribution in [0, 0.1) is 12.8 Å². The van der Waals surface area contributed by atoms with Crippen LogP contribution in [-0.2, 0) is 6.54 Å². The zero-order valence-electron chi connectivity index (χ0n) is 12.3. The molecule has 1 aliphatic heterocycles. The van der Waals surface area contributed by atoms with Gasteiger partial charge in [0, 0.05) is 24.8 Å². The minimum Gasteiger partial charge on any atom is -0.324 e. The van der Waals surface area contributed by atoms with E-state index >= 15 is 0 Å². The molecule has 0 spiro atoms. The Kier molecular flexibility index (Phi) is 5.83. The van der Waals surface area contributed by atoms with Crippen LogP contribution in [0.4, 0.5) is 0 Å². The van der Waals surface area contributed by atoms with Crippen LogP contribution in [-0.4, -0.2) is 39.9 Å². The van der Waals surface area contributed by atoms with Crippen molar-refractivity contribution in [2.45, 2.75) is 45.7 Å². The highest BCUT2D eigenvalue weighted by Gasteiger charge is 2.23. The average Bonchev–Trinajstić information content (AvgIpc) is 2.65. The molecule has 0 aromatic carbocycles. The minimum absolute atomic E-state index is 0. The highest BCUT2D eigenvalue weighted by atomic mass is 35.5. The molecule has 0 atom stereocenters. The Hall–Kier alpha value is -0.580. The summed E-state index contributed by atoms with van der Waals surface area (Å²) in [5, 5.41) is 4.37. The second-order valence-electron chi connectivity index (χ2n) is 6.45. The molecule has 1 aromatic rings. The highest BCUT2D eigenvalue weighted by molar-refractivity contribution is 5.85. The van der Waals surface area contributed by atoms with Crippen molar-refractivity contribution in [3.8, 4) is 0 Å². The molecule has 1 aliphatic rings. The molecule has 1 fully saturated rings. The fraction of sp³-hybridized carbons (Fsp3) is 0.786. The lowest BCUT2D eigenvalue weighted by Gasteiger charge is -2.35. The van der Waals surface area contributed by atoms with E-state index in [1.54, 1.807) is 0 Å². The number of nitrogens with two attached hydrogens (primary N) is 1. The number of hydrogen-bond acceptors (Lipinski definition) is 3. The van der Waals surface area contributed by atoms with Crippen molar-refractivity contribution < 1.29 is 0 Å². The quantitative estimate of drug-likeness (QED) is 0.922. The fourth-order valence-corrected chi connectivity index (χ4v) is 2.73. The topological polar surface area (TPSA) is 47.1 Å². The lowest BCUT2D eigenvalue weighted by atomic mass is 9.95. The van der Waals surface area contributed by atoms with E-state index < -0.39 is 0 Å². The van der Waals surface area contributed by atoms with E-state index in [0.29, 0.717) is 0 Å². The van der Waals surface area contributed by atoms with Gasteiger partial charge < -0.3 is 10.6 Å². The molecule has 0 unspecified atom stereocenters. The summed E-state index contributed by atoms with van der Waals surface area (Å²) in [6, 6.07) is 0. The molecule has 5 heteroatoms. The molecular formula is C14H27ClN4. The minimum atomic E-state index is -0.0774. The summed E-state index contributed by atoms with van der Waals surface area (Å²) in [6.07, 6.45) is 6.59. The number of nitrogens with zero attached hydrogens (tertiary/aromatic N) is 3. The molecule has 2 rings (SSSR count). The van der Waals surface area contributed by atoms with Gasteiger partial charge in [-0.25, -0.2) is 0 Å². The van der Waals surface area contributed by atoms with E-state index in [2.05, 4.69) is 41.6 Å². The Labute approximate surface area is 122 Å². The maximum atomic E-state index is 6.07. The summed E-state index contributed by atoms with van der Waals surface area (Å²) in [5.74, 6) is 0.765. The first-order chi connectivity index (χ1) is 8.42. The van der Waals surface area contributed by atoms with Crippen molar-refractivity contribution in [1.82, 2.24) is 14.7 Å². The fourth-order valence-electron chi connectivity index (χ4n) is 2.73. The SMILES string of the molecule is Cc1cnn(CC2CCN(CC(C)(C)N)CC2)c1.Cl. The van der Waals surface area contributed by atoms with E-state index in [1.165, 1.54) is 31.5 Å². The summed E-state index contributed by atoms with van der Waals surface area (Å²) in [4.78, 5) is 2.49. The molecule has 1 saturated heterocycles. The van der Waals surface area contributed by atoms with Crippen molar-refractivity contribution in [3.63, 3.8) is 0 Å². The number of piperidine rings is 1. The van der Waals surface area contributed by atoms with Crippen LogP contribution in [0.3, 0.4) is 0 Å². The summed E-state index contributed by atoms with van der Waals surface area (Å²) < 4.78 is 2.09. The van der Waals surface area contributed by atoms with Crippen LogP contribution in [0.1, 0.15) is 32.3 Å². The summed E-state index contributed by atoms with van der Waals surface area (Å²) in [5.41, 5.74) is 7.24. The molecule has 0 bridgehead atoms. The molecule has 1 aromatic heterocycles. The van der Waals surface area contributed by atoms with Crippen LogP contribution >= 0.6 is 12.4 Å². The Balaban J connectivity index is 0.00000180. The maximum absolute atomic E-state index is 6.07. The maximum Gasteiger partial charge on any atom is 0.0518 e. The molecule has 0 saturated carbocycles. The van der Waals surface area contributed by atoms with Gasteiger partial charge in [-0.3, -0.25) is 4.68 Å². The predicted octanol–water partition coefficient (Wildman–Crippen LogP) is 2.06. The Morgan fingerprint density at radius 3 is 2.47 bits per heavy atom. The Morgan fingerprint density at radius 1 is 1.37 bits per heavy atom. The summed E-state index contributed by atoms with van der Waals surface area (Å²) in [7, 11) is 0. The van der Waals surface area contributed by atoms with Gasteiger partial charge in [0.15, 0.2) is 0 Å². The third kappa shape index (κ3) is 5.51. The van der Waals surface area contributed by atoms with E-state index in [1.807, 2.05) is 6.20 Å². The third-order valence-corrected chi connectivity index (χ3v) is 3.55. The molecule has 19 heavy (non-hydrogen) atoms. The van der Waals surface area contributed by atoms with Gasteiger partial charge in [-0.2, -0.15) is 5.10 Å². The van der Waals surface area contributed by atoms with Gasteiger partial charge in [0.05, 0.1) is 6.20 Å². The number of hydrogen-bond donors (Lipinski definition) is 1. The van der Waals surface area contributed by atoms with E-state index in [9.17, 15) is 0 Å². The molecular weight excluding hydrogens is 260 g/mol. The second kappa shape index (κ2) is 6.73. The van der Waals surface area contributed by atoms with Gasteiger partial charge in [-0.05, 0) is 58.2 Å². The first kappa shape index (κ1) is 16.5. The predicted molar refractivity (Wildman–Crippen MR) is 81.6 cm³/mol. The number of rotatable bonds is 4. The van der Waals surface area contributed by atoms with Crippen molar-refractivity contribution in [2.75, 3.05) is 19.6 Å². The number of likely N-dealkylation sites (tertiary alicyclic amines) is 1. The Bertz CT molecular complexity index is 375. The summed E-state index contributed by atoms with van der Waals surface area (Å²) >= 11 is 0. The smallest absolute Gasteiger partial charge is 0.0518 e. The van der Waals surface area contributed by atoms with Gasteiger partial charge in [-0.15, -0.1) is 12.4 Å². The molecule has 2 N–H and O–H groups in total. The molecule has 0 amide bonds. The zero-order valence-corrected chi connectivity index (χ0v) is 13.1. The van der Waals surface area contributed by atoms with Gasteiger partial charge in [0.2, 0.25) is 0 Å². The van der Waals surface area contributed by atoms with Crippen LogP contribution in [0.2, 0.25) is 0 Å². The Morgan fingerprint density at radius 2 is 2.00 bits per heavy atom. The molecule has 4 nitrogen and oxygen atoms in total. The van der Waals surface area contributed by atoms with Crippen LogP contribution in [0.5, 0.6) is 0 Å². The largest absolute Gasteiger partial charge is 0.324 e. The second-order valence-corrected chi connectivity index (χ2v) is 6.45. The normalized spacial score (nSPS) is 18.3. The van der Waals surface area contributed by atoms with Gasteiger partial charge in [-0.1, -0.05) is 0 Å². The summed E-state index contributed by atoms with van der Waals surface area (Å²) in [6.45, 7) is 10.7. The van der Waals surface area contributed by atoms with Crippen molar-refractivity contribution in [3.05, 3.63) is 18.0 Å². The first-order valence-corrected chi connectivity index (χ1v) is 6.93. The van der Waals surface area contributed by atoms with E-state index in [0.717, 1.165) is 19.0 Å². The monoisotopic (exact) mass is 286 g/mol. The average molecular weight is 287 g/mol. The number of aromatic nitrogens is 2. The van der Waals surface area contributed by atoms with Crippen LogP contribution in [0.15, 0.2) is 12.4 Å². The van der Waals surface area contributed by atoms with Gasteiger partial charge in [0.25, 0.3) is 0 Å². The lowest BCUT2D eigenvalue weighted by Crippen LogP contribution is -2.48. The highest BCUT2D eigenvalue weighted by Crippen LogP contribution is 2.20. The standard InChI is InChI=1S/C14H26N4.ClH/c1-12-8-16-18(9-12)10-13-4-6-17(7-5-13)11-14(2,3)15;/h8-9,13H,4-7,10-11,15H2,1-3H3;1H. The third-order valence-electron chi connectivity index (χ3n) is 3.55.